The van der Waals surface area contributed by atoms with Crippen LogP contribution in [0, 0.1) is 10.1 Å². The van der Waals surface area contributed by atoms with Gasteiger partial charge in [0.1, 0.15) is 11.4 Å². The molecule has 0 unspecified atom stereocenters. The number of likely N-dealkylation sites (N-methyl/N-ethyl adjacent to an activating group) is 1. The molecular formula is C21H17N3O7. The Morgan fingerprint density at radius 3 is 2.39 bits per heavy atom. The van der Waals surface area contributed by atoms with Crippen molar-refractivity contribution in [3.05, 3.63) is 75.5 Å². The van der Waals surface area contributed by atoms with Gasteiger partial charge in [-0.25, -0.2) is 9.59 Å². The largest absolute Gasteiger partial charge is 0.466 e. The van der Waals surface area contributed by atoms with Crippen molar-refractivity contribution in [2.45, 2.75) is 0 Å². The first-order chi connectivity index (χ1) is 14.8. The molecule has 2 aromatic carbocycles. The number of ether oxygens (including phenoxy) is 2. The Kier molecular flexibility index (Phi) is 6.10. The van der Waals surface area contributed by atoms with Gasteiger partial charge in [0.2, 0.25) is 5.75 Å². The highest BCUT2D eigenvalue weighted by Crippen LogP contribution is 2.33. The monoisotopic (exact) mass is 423 g/mol. The van der Waals surface area contributed by atoms with E-state index in [0.29, 0.717) is 16.9 Å². The Morgan fingerprint density at radius 2 is 1.81 bits per heavy atom. The van der Waals surface area contributed by atoms with Crippen molar-refractivity contribution in [3.63, 3.8) is 0 Å². The number of benzene rings is 2. The maximum Gasteiger partial charge on any atom is 0.330 e. The van der Waals surface area contributed by atoms with Crippen molar-refractivity contribution in [2.24, 2.45) is 0 Å². The SMILES string of the molecule is COC(=O)/C=C/c1ccc([N+](=O)[O-])c(Oc2ccc(/C=C3\C(=O)NC(=O)N3C)cc2)c1. The van der Waals surface area contributed by atoms with Crippen molar-refractivity contribution >= 4 is 35.7 Å². The average molecular weight is 423 g/mol. The van der Waals surface area contributed by atoms with Crippen LogP contribution in [0.25, 0.3) is 12.2 Å². The third kappa shape index (κ3) is 4.93. The van der Waals surface area contributed by atoms with E-state index in [1.165, 1.54) is 55.5 Å². The van der Waals surface area contributed by atoms with Crippen LogP contribution in [0.4, 0.5) is 10.5 Å². The van der Waals surface area contributed by atoms with Crippen molar-refractivity contribution in [3.8, 4) is 11.5 Å². The molecule has 1 fully saturated rings. The first kappa shape index (κ1) is 21.2. The molecule has 158 valence electrons. The van der Waals surface area contributed by atoms with Gasteiger partial charge in [-0.3, -0.25) is 25.1 Å². The van der Waals surface area contributed by atoms with E-state index >= 15 is 0 Å². The molecule has 3 amide bonds. The Morgan fingerprint density at radius 1 is 1.13 bits per heavy atom. The molecule has 1 saturated heterocycles. The van der Waals surface area contributed by atoms with Gasteiger partial charge in [-0.15, -0.1) is 0 Å². The fourth-order valence-corrected chi connectivity index (χ4v) is 2.69. The number of nitrogens with one attached hydrogen (secondary N) is 1. The van der Waals surface area contributed by atoms with E-state index in [1.807, 2.05) is 0 Å². The van der Waals surface area contributed by atoms with E-state index in [9.17, 15) is 24.5 Å². The quantitative estimate of drug-likeness (QED) is 0.249. The smallest absolute Gasteiger partial charge is 0.330 e. The molecule has 0 aliphatic carbocycles. The van der Waals surface area contributed by atoms with Crippen LogP contribution in [-0.4, -0.2) is 41.9 Å². The van der Waals surface area contributed by atoms with Crippen LogP contribution in [0.2, 0.25) is 0 Å². The minimum Gasteiger partial charge on any atom is -0.466 e. The molecule has 0 saturated carbocycles. The third-order valence-electron chi connectivity index (χ3n) is 4.32. The highest BCUT2D eigenvalue weighted by Gasteiger charge is 2.29. The van der Waals surface area contributed by atoms with Crippen LogP contribution >= 0.6 is 0 Å². The summed E-state index contributed by atoms with van der Waals surface area (Å²) in [6.45, 7) is 0. The summed E-state index contributed by atoms with van der Waals surface area (Å²) in [6.07, 6.45) is 4.17. The number of methoxy groups -OCH3 is 1. The number of carbonyl (C=O) groups excluding carboxylic acids is 3. The molecule has 3 rings (SSSR count). The zero-order valence-electron chi connectivity index (χ0n) is 16.5. The third-order valence-corrected chi connectivity index (χ3v) is 4.32. The van der Waals surface area contributed by atoms with Gasteiger partial charge in [-0.05, 0) is 47.5 Å². The molecule has 10 heteroatoms. The second-order valence-corrected chi connectivity index (χ2v) is 6.36. The summed E-state index contributed by atoms with van der Waals surface area (Å²) in [4.78, 5) is 46.5. The van der Waals surface area contributed by atoms with Gasteiger partial charge >= 0.3 is 17.7 Å². The topological polar surface area (TPSA) is 128 Å². The molecule has 31 heavy (non-hydrogen) atoms. The van der Waals surface area contributed by atoms with Gasteiger partial charge in [0, 0.05) is 19.2 Å². The van der Waals surface area contributed by atoms with Crippen molar-refractivity contribution < 1.29 is 28.8 Å². The number of urea groups is 1. The molecule has 0 radical (unpaired) electrons. The molecule has 1 N–H and O–H groups in total. The summed E-state index contributed by atoms with van der Waals surface area (Å²) >= 11 is 0. The Balaban J connectivity index is 1.84. The maximum absolute atomic E-state index is 11.8. The number of hydrogen-bond donors (Lipinski definition) is 1. The summed E-state index contributed by atoms with van der Waals surface area (Å²) in [6, 6.07) is 10.1. The van der Waals surface area contributed by atoms with E-state index in [-0.39, 0.29) is 17.1 Å². The average Bonchev–Trinajstić information content (AvgIpc) is 2.99. The highest BCUT2D eigenvalue weighted by molar-refractivity contribution is 6.13. The number of rotatable bonds is 6. The molecule has 2 aromatic rings. The van der Waals surface area contributed by atoms with Gasteiger partial charge < -0.3 is 9.47 Å². The van der Waals surface area contributed by atoms with Crippen LogP contribution < -0.4 is 10.1 Å². The highest BCUT2D eigenvalue weighted by atomic mass is 16.6. The lowest BCUT2D eigenvalue weighted by molar-refractivity contribution is -0.385. The maximum atomic E-state index is 11.8. The number of nitrogens with zero attached hydrogens (tertiary/aromatic N) is 2. The fourth-order valence-electron chi connectivity index (χ4n) is 2.69. The number of esters is 1. The molecule has 10 nitrogen and oxygen atoms in total. The van der Waals surface area contributed by atoms with Gasteiger partial charge in [0.05, 0.1) is 12.0 Å². The summed E-state index contributed by atoms with van der Waals surface area (Å²) in [7, 11) is 2.72. The summed E-state index contributed by atoms with van der Waals surface area (Å²) in [5.74, 6) is -0.752. The molecule has 0 atom stereocenters. The number of carbonyl (C=O) groups is 3. The number of amides is 3. The first-order valence-corrected chi connectivity index (χ1v) is 8.91. The number of nitro groups is 1. The van der Waals surface area contributed by atoms with E-state index in [0.717, 1.165) is 0 Å². The minimum atomic E-state index is -0.576. The van der Waals surface area contributed by atoms with Crippen molar-refractivity contribution in [2.75, 3.05) is 14.2 Å². The van der Waals surface area contributed by atoms with E-state index < -0.39 is 22.8 Å². The van der Waals surface area contributed by atoms with Gasteiger partial charge in [-0.2, -0.15) is 0 Å². The molecule has 1 heterocycles. The standard InChI is InChI=1S/C21H17N3O7/c1-23-17(20(26)22-21(23)27)11-13-3-7-15(8-4-13)31-18-12-14(6-10-19(25)30-2)5-9-16(18)24(28)29/h3-12H,1-2H3,(H,22,26,27)/b10-6+,17-11+. The lowest BCUT2D eigenvalue weighted by atomic mass is 10.1. The summed E-state index contributed by atoms with van der Waals surface area (Å²) in [5.41, 5.74) is 1.08. The zero-order chi connectivity index (χ0) is 22.5. The van der Waals surface area contributed by atoms with Crippen LogP contribution in [0.15, 0.2) is 54.2 Å². The minimum absolute atomic E-state index is 0.0105. The summed E-state index contributed by atoms with van der Waals surface area (Å²) < 4.78 is 10.2. The normalized spacial score (nSPS) is 14.8. The number of nitro benzene ring substituents is 1. The number of hydrogen-bond acceptors (Lipinski definition) is 7. The van der Waals surface area contributed by atoms with E-state index in [4.69, 9.17) is 4.74 Å². The first-order valence-electron chi connectivity index (χ1n) is 8.91. The van der Waals surface area contributed by atoms with Gasteiger partial charge in [-0.1, -0.05) is 12.1 Å². The van der Waals surface area contributed by atoms with Gasteiger partial charge in [0.25, 0.3) is 5.91 Å². The molecular weight excluding hydrogens is 406 g/mol. The second-order valence-electron chi connectivity index (χ2n) is 6.36. The Hall–Kier alpha value is -4.47. The fraction of sp³-hybridized carbons (Fsp3) is 0.0952. The second kappa shape index (κ2) is 8.91. The molecule has 0 aromatic heterocycles. The molecule has 0 bridgehead atoms. The predicted octanol–water partition coefficient (Wildman–Crippen LogP) is 3.10. The zero-order valence-corrected chi connectivity index (χ0v) is 16.5. The number of imide groups is 1. The van der Waals surface area contributed by atoms with Gasteiger partial charge in [0.15, 0.2) is 0 Å². The van der Waals surface area contributed by atoms with Crippen LogP contribution in [0.3, 0.4) is 0 Å². The predicted molar refractivity (Wildman–Crippen MR) is 110 cm³/mol. The van der Waals surface area contributed by atoms with E-state index in [1.54, 1.807) is 24.3 Å². The van der Waals surface area contributed by atoms with Crippen LogP contribution in [0.1, 0.15) is 11.1 Å². The van der Waals surface area contributed by atoms with Crippen molar-refractivity contribution in [1.29, 1.82) is 0 Å². The Labute approximate surface area is 176 Å². The lowest BCUT2D eigenvalue weighted by Crippen LogP contribution is -2.24. The molecule has 1 aliphatic heterocycles. The molecule has 1 aliphatic rings. The van der Waals surface area contributed by atoms with E-state index in [2.05, 4.69) is 10.1 Å². The van der Waals surface area contributed by atoms with Crippen molar-refractivity contribution in [1.82, 2.24) is 10.2 Å². The summed E-state index contributed by atoms with van der Waals surface area (Å²) in [5, 5.41) is 13.5. The van der Waals surface area contributed by atoms with Crippen LogP contribution in [-0.2, 0) is 14.3 Å². The van der Waals surface area contributed by atoms with Crippen LogP contribution in [0.5, 0.6) is 11.5 Å². The lowest BCUT2D eigenvalue weighted by Gasteiger charge is -2.09. The molecule has 0 spiro atoms. The Bertz CT molecular complexity index is 1120.